The van der Waals surface area contributed by atoms with E-state index in [0.717, 1.165) is 22.3 Å². The van der Waals surface area contributed by atoms with Crippen LogP contribution in [0.15, 0.2) is 54.9 Å². The average molecular weight is 348 g/mol. The lowest BCUT2D eigenvalue weighted by atomic mass is 9.96. The Morgan fingerprint density at radius 1 is 1.04 bits per heavy atom. The molecule has 0 aliphatic carbocycles. The highest BCUT2D eigenvalue weighted by Gasteiger charge is 2.19. The third-order valence-electron chi connectivity index (χ3n) is 3.95. The van der Waals surface area contributed by atoms with Crippen molar-refractivity contribution in [3.63, 3.8) is 0 Å². The number of carbonyl (C=O) groups excluding carboxylic acids is 1. The maximum atomic E-state index is 12.7. The molecule has 1 N–H and O–H groups in total. The van der Waals surface area contributed by atoms with Crippen LogP contribution < -0.4 is 10.1 Å². The van der Waals surface area contributed by atoms with Crippen LogP contribution in [0, 0.1) is 13.8 Å². The molecule has 6 nitrogen and oxygen atoms in total. The molecule has 0 spiro atoms. The standard InChI is InChI=1S/C20H20N4O2/c1-13-9-14(2)11-16(10-13)19(15-5-4-8-21-12-15)22-20(25)17-6-7-18(26-3)24-23-17/h4-12,19H,1-3H3,(H,22,25). The van der Waals surface area contributed by atoms with Gasteiger partial charge in [0.2, 0.25) is 5.88 Å². The molecule has 26 heavy (non-hydrogen) atoms. The van der Waals surface area contributed by atoms with Gasteiger partial charge < -0.3 is 10.1 Å². The van der Waals surface area contributed by atoms with E-state index in [0.29, 0.717) is 5.88 Å². The van der Waals surface area contributed by atoms with Gasteiger partial charge in [-0.1, -0.05) is 35.4 Å². The summed E-state index contributed by atoms with van der Waals surface area (Å²) in [4.78, 5) is 16.9. The van der Waals surface area contributed by atoms with Crippen molar-refractivity contribution in [2.75, 3.05) is 7.11 Å². The highest BCUT2D eigenvalue weighted by atomic mass is 16.5. The predicted octanol–water partition coefficient (Wildman–Crippen LogP) is 3.02. The Bertz CT molecular complexity index is 875. The molecule has 2 heterocycles. The molecule has 132 valence electrons. The smallest absolute Gasteiger partial charge is 0.272 e. The van der Waals surface area contributed by atoms with E-state index >= 15 is 0 Å². The summed E-state index contributed by atoms with van der Waals surface area (Å²) in [6.07, 6.45) is 3.46. The third-order valence-corrected chi connectivity index (χ3v) is 3.95. The number of nitrogens with one attached hydrogen (secondary N) is 1. The summed E-state index contributed by atoms with van der Waals surface area (Å²) in [6, 6.07) is 12.9. The van der Waals surface area contributed by atoms with Gasteiger partial charge in [-0.2, -0.15) is 0 Å². The summed E-state index contributed by atoms with van der Waals surface area (Å²) < 4.78 is 4.98. The molecular formula is C20H20N4O2. The molecule has 0 saturated carbocycles. The summed E-state index contributed by atoms with van der Waals surface area (Å²) in [5, 5.41) is 10.8. The Hall–Kier alpha value is -3.28. The molecule has 0 saturated heterocycles. The number of hydrogen-bond acceptors (Lipinski definition) is 5. The zero-order valence-electron chi connectivity index (χ0n) is 14.9. The van der Waals surface area contributed by atoms with Gasteiger partial charge in [-0.25, -0.2) is 0 Å². The molecule has 0 aliphatic rings. The van der Waals surface area contributed by atoms with Crippen molar-refractivity contribution in [1.82, 2.24) is 20.5 Å². The van der Waals surface area contributed by atoms with Crippen molar-refractivity contribution in [2.45, 2.75) is 19.9 Å². The zero-order valence-corrected chi connectivity index (χ0v) is 14.9. The van der Waals surface area contributed by atoms with Gasteiger partial charge in [-0.15, -0.1) is 10.2 Å². The third kappa shape index (κ3) is 4.03. The van der Waals surface area contributed by atoms with Crippen LogP contribution >= 0.6 is 0 Å². The fourth-order valence-electron chi connectivity index (χ4n) is 2.84. The largest absolute Gasteiger partial charge is 0.480 e. The number of nitrogens with zero attached hydrogens (tertiary/aromatic N) is 3. The summed E-state index contributed by atoms with van der Waals surface area (Å²) in [5.74, 6) is 0.0489. The van der Waals surface area contributed by atoms with Crippen molar-refractivity contribution >= 4 is 5.91 Å². The molecule has 0 fully saturated rings. The minimum atomic E-state index is -0.335. The maximum absolute atomic E-state index is 12.7. The van der Waals surface area contributed by atoms with Gasteiger partial charge in [0.25, 0.3) is 5.91 Å². The Labute approximate surface area is 152 Å². The lowest BCUT2D eigenvalue weighted by Crippen LogP contribution is -2.30. The molecule has 2 aromatic heterocycles. The fourth-order valence-corrected chi connectivity index (χ4v) is 2.84. The first-order chi connectivity index (χ1) is 12.6. The van der Waals surface area contributed by atoms with Crippen LogP contribution in [0.4, 0.5) is 0 Å². The quantitative estimate of drug-likeness (QED) is 0.767. The summed E-state index contributed by atoms with van der Waals surface area (Å²) in [5.41, 5.74) is 4.38. The number of carbonyl (C=O) groups is 1. The Balaban J connectivity index is 1.94. The zero-order chi connectivity index (χ0) is 18.5. The molecular weight excluding hydrogens is 328 g/mol. The number of methoxy groups -OCH3 is 1. The number of pyridine rings is 1. The second-order valence-corrected chi connectivity index (χ2v) is 6.07. The van der Waals surface area contributed by atoms with E-state index < -0.39 is 0 Å². The monoisotopic (exact) mass is 348 g/mol. The molecule has 6 heteroatoms. The van der Waals surface area contributed by atoms with E-state index in [-0.39, 0.29) is 17.6 Å². The summed E-state index contributed by atoms with van der Waals surface area (Å²) in [7, 11) is 1.50. The van der Waals surface area contributed by atoms with Crippen molar-refractivity contribution in [3.05, 3.63) is 82.8 Å². The number of aryl methyl sites for hydroxylation is 2. The SMILES string of the molecule is COc1ccc(C(=O)NC(c2cccnc2)c2cc(C)cc(C)c2)nn1. The highest BCUT2D eigenvalue weighted by molar-refractivity contribution is 5.92. The topological polar surface area (TPSA) is 77.0 Å². The van der Waals surface area contributed by atoms with E-state index in [9.17, 15) is 4.79 Å². The normalized spacial score (nSPS) is 11.7. The molecule has 3 aromatic rings. The number of aromatic nitrogens is 3. The van der Waals surface area contributed by atoms with Gasteiger partial charge in [-0.05, 0) is 37.1 Å². The number of hydrogen-bond donors (Lipinski definition) is 1. The highest BCUT2D eigenvalue weighted by Crippen LogP contribution is 2.24. The van der Waals surface area contributed by atoms with Gasteiger partial charge in [0.15, 0.2) is 5.69 Å². The first-order valence-corrected chi connectivity index (χ1v) is 8.23. The molecule has 3 rings (SSSR count). The first-order valence-electron chi connectivity index (χ1n) is 8.23. The molecule has 1 atom stereocenters. The van der Waals surface area contributed by atoms with E-state index in [1.165, 1.54) is 7.11 Å². The molecule has 0 bridgehead atoms. The molecule has 0 aliphatic heterocycles. The molecule has 1 unspecified atom stereocenters. The number of benzene rings is 1. The Kier molecular flexibility index (Phi) is 5.22. The van der Waals surface area contributed by atoms with Crippen LogP contribution in [0.25, 0.3) is 0 Å². The number of amides is 1. The second-order valence-electron chi connectivity index (χ2n) is 6.07. The van der Waals surface area contributed by atoms with Crippen molar-refractivity contribution in [1.29, 1.82) is 0 Å². The maximum Gasteiger partial charge on any atom is 0.272 e. The van der Waals surface area contributed by atoms with Gasteiger partial charge in [0.1, 0.15) is 0 Å². The van der Waals surface area contributed by atoms with E-state index in [1.807, 2.05) is 26.0 Å². The van der Waals surface area contributed by atoms with Gasteiger partial charge in [0.05, 0.1) is 13.2 Å². The number of ether oxygens (including phenoxy) is 1. The second kappa shape index (κ2) is 7.74. The molecule has 0 radical (unpaired) electrons. The van der Waals surface area contributed by atoms with Crippen LogP contribution in [-0.2, 0) is 0 Å². The van der Waals surface area contributed by atoms with Gasteiger partial charge >= 0.3 is 0 Å². The van der Waals surface area contributed by atoms with E-state index in [1.54, 1.807) is 24.5 Å². The van der Waals surface area contributed by atoms with Gasteiger partial charge in [-0.3, -0.25) is 9.78 Å². The van der Waals surface area contributed by atoms with Crippen molar-refractivity contribution < 1.29 is 9.53 Å². The Morgan fingerprint density at radius 3 is 2.38 bits per heavy atom. The van der Waals surface area contributed by atoms with Crippen LogP contribution in [0.3, 0.4) is 0 Å². The summed E-state index contributed by atoms with van der Waals surface area (Å²) >= 11 is 0. The van der Waals surface area contributed by atoms with Crippen LogP contribution in [-0.4, -0.2) is 28.2 Å². The number of rotatable bonds is 5. The molecule has 1 aromatic carbocycles. The van der Waals surface area contributed by atoms with Gasteiger partial charge in [0, 0.05) is 18.5 Å². The van der Waals surface area contributed by atoms with Crippen LogP contribution in [0.1, 0.15) is 38.8 Å². The fraction of sp³-hybridized carbons (Fsp3) is 0.200. The van der Waals surface area contributed by atoms with Crippen LogP contribution in [0.5, 0.6) is 5.88 Å². The first kappa shape index (κ1) is 17.5. The minimum absolute atomic E-state index is 0.226. The van der Waals surface area contributed by atoms with E-state index in [4.69, 9.17) is 4.74 Å². The molecule has 1 amide bonds. The minimum Gasteiger partial charge on any atom is -0.480 e. The van der Waals surface area contributed by atoms with Crippen molar-refractivity contribution in [3.8, 4) is 5.88 Å². The summed E-state index contributed by atoms with van der Waals surface area (Å²) in [6.45, 7) is 4.07. The van der Waals surface area contributed by atoms with Crippen LogP contribution in [0.2, 0.25) is 0 Å². The lowest BCUT2D eigenvalue weighted by molar-refractivity contribution is 0.0936. The average Bonchev–Trinajstić information content (AvgIpc) is 2.66. The Morgan fingerprint density at radius 2 is 1.81 bits per heavy atom. The van der Waals surface area contributed by atoms with E-state index in [2.05, 4.69) is 38.7 Å². The lowest BCUT2D eigenvalue weighted by Gasteiger charge is -2.20. The predicted molar refractivity (Wildman–Crippen MR) is 98.0 cm³/mol. The van der Waals surface area contributed by atoms with Crippen molar-refractivity contribution in [2.24, 2.45) is 0 Å².